The van der Waals surface area contributed by atoms with Gasteiger partial charge in [-0.3, -0.25) is 0 Å². The first-order valence-electron chi connectivity index (χ1n) is 6.06. The van der Waals surface area contributed by atoms with Crippen LogP contribution in [-0.2, 0) is 6.54 Å². The zero-order valence-electron chi connectivity index (χ0n) is 11.1. The van der Waals surface area contributed by atoms with E-state index in [1.807, 2.05) is 12.1 Å². The van der Waals surface area contributed by atoms with Crippen LogP contribution in [0.4, 0.5) is 5.82 Å². The Hall–Kier alpha value is -0.800. The first-order valence-corrected chi connectivity index (χ1v) is 6.44. The Morgan fingerprint density at radius 3 is 2.59 bits per heavy atom. The molecule has 0 radical (unpaired) electrons. The molecule has 0 aliphatic rings. The average Bonchev–Trinajstić information content (AvgIpc) is 2.25. The van der Waals surface area contributed by atoms with Gasteiger partial charge in [0.05, 0.1) is 10.7 Å². The number of aromatic nitrogens is 1. The van der Waals surface area contributed by atoms with Gasteiger partial charge >= 0.3 is 0 Å². The molecule has 4 heteroatoms. The number of hydrogen-bond acceptors (Lipinski definition) is 3. The molecule has 1 heterocycles. The highest BCUT2D eigenvalue weighted by Crippen LogP contribution is 2.17. The van der Waals surface area contributed by atoms with Crippen molar-refractivity contribution in [3.63, 3.8) is 0 Å². The summed E-state index contributed by atoms with van der Waals surface area (Å²) in [4.78, 5) is 4.51. The normalized spacial score (nSPS) is 11.6. The third-order valence-electron chi connectivity index (χ3n) is 2.26. The van der Waals surface area contributed by atoms with Crippen molar-refractivity contribution in [1.29, 1.82) is 0 Å². The summed E-state index contributed by atoms with van der Waals surface area (Å²) in [5.41, 5.74) is 0.959. The van der Waals surface area contributed by atoms with Crippen LogP contribution in [0.25, 0.3) is 0 Å². The van der Waals surface area contributed by atoms with Gasteiger partial charge in [-0.15, -0.1) is 0 Å². The van der Waals surface area contributed by atoms with Crippen molar-refractivity contribution in [2.24, 2.45) is 0 Å². The summed E-state index contributed by atoms with van der Waals surface area (Å²) in [7, 11) is 0. The van der Waals surface area contributed by atoms with E-state index in [0.29, 0.717) is 11.6 Å². The fourth-order valence-corrected chi connectivity index (χ4v) is 1.48. The molecule has 96 valence electrons. The molecule has 1 aromatic rings. The predicted octanol–water partition coefficient (Wildman–Crippen LogP) is 3.45. The average molecular weight is 256 g/mol. The van der Waals surface area contributed by atoms with Crippen LogP contribution in [0.15, 0.2) is 12.1 Å². The smallest absolute Gasteiger partial charge is 0.126 e. The number of rotatable bonds is 5. The standard InChI is InChI=1S/C13H22ClN3/c1-5-8-15-12-7-6-10(14)11(17-12)9-16-13(2,3)4/h6-7,16H,5,8-9H2,1-4H3,(H,15,17). The van der Waals surface area contributed by atoms with Crippen LogP contribution in [0.1, 0.15) is 39.8 Å². The van der Waals surface area contributed by atoms with Crippen molar-refractivity contribution in [2.45, 2.75) is 46.2 Å². The van der Waals surface area contributed by atoms with Gasteiger partial charge in [0.15, 0.2) is 0 Å². The number of anilines is 1. The lowest BCUT2D eigenvalue weighted by atomic mass is 10.1. The van der Waals surface area contributed by atoms with E-state index in [-0.39, 0.29) is 5.54 Å². The fraction of sp³-hybridized carbons (Fsp3) is 0.615. The zero-order valence-corrected chi connectivity index (χ0v) is 11.9. The lowest BCUT2D eigenvalue weighted by Crippen LogP contribution is -2.35. The highest BCUT2D eigenvalue weighted by Gasteiger charge is 2.11. The van der Waals surface area contributed by atoms with Crippen LogP contribution < -0.4 is 10.6 Å². The second-order valence-electron chi connectivity index (χ2n) is 5.16. The summed E-state index contributed by atoms with van der Waals surface area (Å²) in [6.45, 7) is 10.1. The minimum atomic E-state index is 0.0673. The summed E-state index contributed by atoms with van der Waals surface area (Å²) in [6, 6.07) is 3.81. The largest absolute Gasteiger partial charge is 0.370 e. The van der Waals surface area contributed by atoms with E-state index < -0.39 is 0 Å². The van der Waals surface area contributed by atoms with Crippen molar-refractivity contribution in [1.82, 2.24) is 10.3 Å². The summed E-state index contributed by atoms with van der Waals surface area (Å²) in [5.74, 6) is 0.891. The number of nitrogens with zero attached hydrogens (tertiary/aromatic N) is 1. The first kappa shape index (κ1) is 14.3. The van der Waals surface area contributed by atoms with Gasteiger partial charge in [0.2, 0.25) is 0 Å². The van der Waals surface area contributed by atoms with Crippen molar-refractivity contribution < 1.29 is 0 Å². The van der Waals surface area contributed by atoms with E-state index >= 15 is 0 Å². The molecule has 0 aliphatic heterocycles. The lowest BCUT2D eigenvalue weighted by molar-refractivity contribution is 0.421. The highest BCUT2D eigenvalue weighted by atomic mass is 35.5. The van der Waals surface area contributed by atoms with Crippen LogP contribution in [0, 0.1) is 0 Å². The summed E-state index contributed by atoms with van der Waals surface area (Å²) in [5, 5.41) is 7.36. The molecule has 0 aliphatic carbocycles. The van der Waals surface area contributed by atoms with Crippen LogP contribution in [0.5, 0.6) is 0 Å². The van der Waals surface area contributed by atoms with Crippen LogP contribution in [0.2, 0.25) is 5.02 Å². The van der Waals surface area contributed by atoms with Crippen molar-refractivity contribution in [3.8, 4) is 0 Å². The van der Waals surface area contributed by atoms with Gasteiger partial charge in [0.25, 0.3) is 0 Å². The van der Waals surface area contributed by atoms with Gasteiger partial charge in [0, 0.05) is 18.6 Å². The van der Waals surface area contributed by atoms with Crippen molar-refractivity contribution >= 4 is 17.4 Å². The molecule has 0 bridgehead atoms. The first-order chi connectivity index (χ1) is 7.92. The molecule has 0 atom stereocenters. The molecule has 3 nitrogen and oxygen atoms in total. The van der Waals surface area contributed by atoms with Gasteiger partial charge < -0.3 is 10.6 Å². The molecule has 0 saturated heterocycles. The third-order valence-corrected chi connectivity index (χ3v) is 2.61. The van der Waals surface area contributed by atoms with Crippen LogP contribution in [-0.4, -0.2) is 17.1 Å². The summed E-state index contributed by atoms with van der Waals surface area (Å²) in [6.07, 6.45) is 1.08. The Morgan fingerprint density at radius 1 is 1.29 bits per heavy atom. The molecular weight excluding hydrogens is 234 g/mol. The van der Waals surface area contributed by atoms with Gasteiger partial charge in [-0.2, -0.15) is 0 Å². The molecule has 0 unspecified atom stereocenters. The van der Waals surface area contributed by atoms with Gasteiger partial charge in [-0.25, -0.2) is 4.98 Å². The third kappa shape index (κ3) is 5.37. The van der Waals surface area contributed by atoms with E-state index in [0.717, 1.165) is 24.5 Å². The molecule has 0 saturated carbocycles. The maximum absolute atomic E-state index is 6.13. The van der Waals surface area contributed by atoms with Gasteiger partial charge in [-0.05, 0) is 39.3 Å². The number of hydrogen-bond donors (Lipinski definition) is 2. The second-order valence-corrected chi connectivity index (χ2v) is 5.56. The number of pyridine rings is 1. The van der Waals surface area contributed by atoms with E-state index in [2.05, 4.69) is 43.3 Å². The number of halogens is 1. The Labute approximate surface area is 109 Å². The Bertz CT molecular complexity index is 358. The lowest BCUT2D eigenvalue weighted by Gasteiger charge is -2.20. The van der Waals surface area contributed by atoms with E-state index in [1.54, 1.807) is 0 Å². The maximum Gasteiger partial charge on any atom is 0.126 e. The molecule has 2 N–H and O–H groups in total. The van der Waals surface area contributed by atoms with E-state index in [9.17, 15) is 0 Å². The molecule has 0 aromatic carbocycles. The van der Waals surface area contributed by atoms with Crippen LogP contribution in [0.3, 0.4) is 0 Å². The molecule has 0 fully saturated rings. The molecule has 0 spiro atoms. The van der Waals surface area contributed by atoms with Gasteiger partial charge in [-0.1, -0.05) is 18.5 Å². The van der Waals surface area contributed by atoms with Gasteiger partial charge in [0.1, 0.15) is 5.82 Å². The summed E-state index contributed by atoms with van der Waals surface area (Å²) >= 11 is 6.13. The highest BCUT2D eigenvalue weighted by molar-refractivity contribution is 6.31. The molecule has 1 rings (SSSR count). The summed E-state index contributed by atoms with van der Waals surface area (Å²) < 4.78 is 0. The van der Waals surface area contributed by atoms with Crippen LogP contribution >= 0.6 is 11.6 Å². The Morgan fingerprint density at radius 2 is 2.00 bits per heavy atom. The molecule has 0 amide bonds. The second kappa shape index (κ2) is 6.22. The fourth-order valence-electron chi connectivity index (χ4n) is 1.31. The number of nitrogens with one attached hydrogen (secondary N) is 2. The van der Waals surface area contributed by atoms with Crippen molar-refractivity contribution in [2.75, 3.05) is 11.9 Å². The van der Waals surface area contributed by atoms with E-state index in [4.69, 9.17) is 11.6 Å². The molecular formula is C13H22ClN3. The topological polar surface area (TPSA) is 37.0 Å². The maximum atomic E-state index is 6.13. The van der Waals surface area contributed by atoms with Crippen molar-refractivity contribution in [3.05, 3.63) is 22.8 Å². The minimum Gasteiger partial charge on any atom is -0.370 e. The predicted molar refractivity (Wildman–Crippen MR) is 74.6 cm³/mol. The Balaban J connectivity index is 2.69. The quantitative estimate of drug-likeness (QED) is 0.846. The molecule has 17 heavy (non-hydrogen) atoms. The SMILES string of the molecule is CCCNc1ccc(Cl)c(CNC(C)(C)C)n1. The zero-order chi connectivity index (χ0) is 12.9. The minimum absolute atomic E-state index is 0.0673. The van der Waals surface area contributed by atoms with E-state index in [1.165, 1.54) is 0 Å². The Kier molecular flexibility index (Phi) is 5.22. The monoisotopic (exact) mass is 255 g/mol. The molecule has 1 aromatic heterocycles.